The molecular formula is C26H34N2O5S. The second kappa shape index (κ2) is 11.8. The second-order valence-electron chi connectivity index (χ2n) is 8.78. The van der Waals surface area contributed by atoms with E-state index < -0.39 is 6.10 Å². The summed E-state index contributed by atoms with van der Waals surface area (Å²) in [5.74, 6) is 1.53. The van der Waals surface area contributed by atoms with Crippen LogP contribution in [0.4, 0.5) is 0 Å². The Bertz CT molecular complexity index is 960. The van der Waals surface area contributed by atoms with E-state index in [-0.39, 0.29) is 25.1 Å². The van der Waals surface area contributed by atoms with Gasteiger partial charge in [-0.1, -0.05) is 12.1 Å². The molecule has 2 unspecified atom stereocenters. The van der Waals surface area contributed by atoms with Crippen LogP contribution in [0.25, 0.3) is 0 Å². The van der Waals surface area contributed by atoms with E-state index in [1.807, 2.05) is 29.2 Å². The van der Waals surface area contributed by atoms with Crippen LogP contribution in [-0.4, -0.2) is 79.5 Å². The molecule has 7 nitrogen and oxygen atoms in total. The van der Waals surface area contributed by atoms with Gasteiger partial charge in [-0.05, 0) is 48.4 Å². The Labute approximate surface area is 205 Å². The lowest BCUT2D eigenvalue weighted by Crippen LogP contribution is -2.48. The third-order valence-electron chi connectivity index (χ3n) is 6.26. The summed E-state index contributed by atoms with van der Waals surface area (Å²) >= 11 is 1.74. The average molecular weight is 487 g/mol. The Morgan fingerprint density at radius 2 is 2.18 bits per heavy atom. The fraction of sp³-hybridized carbons (Fsp3) is 0.500. The summed E-state index contributed by atoms with van der Waals surface area (Å²) in [6, 6.07) is 9.85. The minimum atomic E-state index is -0.634. The van der Waals surface area contributed by atoms with Crippen LogP contribution in [0.1, 0.15) is 29.3 Å². The van der Waals surface area contributed by atoms with Gasteiger partial charge in [0.25, 0.3) is 0 Å². The van der Waals surface area contributed by atoms with Gasteiger partial charge in [-0.25, -0.2) is 0 Å². The van der Waals surface area contributed by atoms with Gasteiger partial charge in [0.1, 0.15) is 18.1 Å². The Morgan fingerprint density at radius 1 is 1.35 bits per heavy atom. The van der Waals surface area contributed by atoms with E-state index in [9.17, 15) is 9.90 Å². The lowest BCUT2D eigenvalue weighted by Gasteiger charge is -2.37. The molecule has 1 aliphatic carbocycles. The van der Waals surface area contributed by atoms with Gasteiger partial charge >= 0.3 is 0 Å². The van der Waals surface area contributed by atoms with Crippen LogP contribution in [-0.2, 0) is 16.0 Å². The van der Waals surface area contributed by atoms with E-state index in [0.29, 0.717) is 32.3 Å². The van der Waals surface area contributed by atoms with Crippen molar-refractivity contribution in [1.29, 1.82) is 0 Å². The van der Waals surface area contributed by atoms with Crippen LogP contribution in [0, 0.1) is 0 Å². The second-order valence-corrected chi connectivity index (χ2v) is 9.78. The quantitative estimate of drug-likeness (QED) is 0.346. The molecule has 1 saturated carbocycles. The SMILES string of the molecule is C=CCOCC(O)CN(CC(=O)N1CCc2sccc2C1COc1cccc(OC)c1)C1CC1. The summed E-state index contributed by atoms with van der Waals surface area (Å²) in [6.45, 7) is 6.04. The standard InChI is InChI=1S/C26H34N2O5S/c1-3-12-32-17-20(29)15-27(19-7-8-19)16-26(30)28-11-9-25-23(10-13-34-25)24(28)18-33-22-6-4-5-21(14-22)31-2/h3-6,10,13-14,19-20,24,29H,1,7-9,11-12,15-18H2,2H3. The van der Waals surface area contributed by atoms with Gasteiger partial charge in [0, 0.05) is 30.1 Å². The Hall–Kier alpha value is -2.39. The van der Waals surface area contributed by atoms with Crippen LogP contribution in [0.3, 0.4) is 0 Å². The van der Waals surface area contributed by atoms with Gasteiger partial charge in [0.05, 0.1) is 39.0 Å². The number of fused-ring (bicyclic) bond motifs is 1. The molecule has 184 valence electrons. The van der Waals surface area contributed by atoms with Gasteiger partial charge in [0.15, 0.2) is 0 Å². The zero-order valence-corrected chi connectivity index (χ0v) is 20.5. The predicted octanol–water partition coefficient (Wildman–Crippen LogP) is 3.29. The first kappa shape index (κ1) is 24.7. The summed E-state index contributed by atoms with van der Waals surface area (Å²) in [6.07, 6.45) is 4.01. The molecule has 4 rings (SSSR count). The fourth-order valence-corrected chi connectivity index (χ4v) is 5.33. The molecule has 0 bridgehead atoms. The molecule has 8 heteroatoms. The third-order valence-corrected chi connectivity index (χ3v) is 7.25. The van der Waals surface area contributed by atoms with E-state index >= 15 is 0 Å². The molecule has 1 aromatic heterocycles. The lowest BCUT2D eigenvalue weighted by atomic mass is 10.0. The molecule has 1 aromatic carbocycles. The van der Waals surface area contributed by atoms with Gasteiger partial charge in [-0.3, -0.25) is 9.69 Å². The molecule has 1 amide bonds. The number of carbonyl (C=O) groups excluding carboxylic acids is 1. The number of hydrogen-bond donors (Lipinski definition) is 1. The van der Waals surface area contributed by atoms with E-state index in [4.69, 9.17) is 14.2 Å². The molecule has 2 aliphatic rings. The maximum atomic E-state index is 13.5. The average Bonchev–Trinajstić information content (AvgIpc) is 3.59. The van der Waals surface area contributed by atoms with E-state index in [1.165, 1.54) is 10.4 Å². The number of aliphatic hydroxyl groups is 1. The minimum Gasteiger partial charge on any atom is -0.497 e. The molecular weight excluding hydrogens is 452 g/mol. The lowest BCUT2D eigenvalue weighted by molar-refractivity contribution is -0.136. The molecule has 0 saturated heterocycles. The monoisotopic (exact) mass is 486 g/mol. The molecule has 2 aromatic rings. The van der Waals surface area contributed by atoms with Crippen molar-refractivity contribution in [3.8, 4) is 11.5 Å². The van der Waals surface area contributed by atoms with Crippen molar-refractivity contribution < 1.29 is 24.1 Å². The first-order chi connectivity index (χ1) is 16.6. The maximum Gasteiger partial charge on any atom is 0.237 e. The summed E-state index contributed by atoms with van der Waals surface area (Å²) < 4.78 is 16.8. The maximum absolute atomic E-state index is 13.5. The highest BCUT2D eigenvalue weighted by Crippen LogP contribution is 2.35. The van der Waals surface area contributed by atoms with Crippen molar-refractivity contribution in [2.45, 2.75) is 37.5 Å². The Morgan fingerprint density at radius 3 is 2.94 bits per heavy atom. The molecule has 0 radical (unpaired) electrons. The van der Waals surface area contributed by atoms with Crippen molar-refractivity contribution in [1.82, 2.24) is 9.80 Å². The summed E-state index contributed by atoms with van der Waals surface area (Å²) in [5.41, 5.74) is 1.17. The van der Waals surface area contributed by atoms with E-state index in [2.05, 4.69) is 22.9 Å². The first-order valence-corrected chi connectivity index (χ1v) is 12.7. The largest absolute Gasteiger partial charge is 0.497 e. The number of carbonyl (C=O) groups is 1. The number of aliphatic hydroxyl groups excluding tert-OH is 1. The topological polar surface area (TPSA) is 71.5 Å². The van der Waals surface area contributed by atoms with Gasteiger partial charge < -0.3 is 24.2 Å². The molecule has 0 spiro atoms. The highest BCUT2D eigenvalue weighted by molar-refractivity contribution is 7.10. The van der Waals surface area contributed by atoms with Crippen LogP contribution in [0.2, 0.25) is 0 Å². The molecule has 1 N–H and O–H groups in total. The van der Waals surface area contributed by atoms with E-state index in [1.54, 1.807) is 24.5 Å². The normalized spacial score (nSPS) is 18.4. The van der Waals surface area contributed by atoms with Crippen LogP contribution in [0.15, 0.2) is 48.4 Å². The van der Waals surface area contributed by atoms with Crippen molar-refractivity contribution in [3.63, 3.8) is 0 Å². The number of methoxy groups -OCH3 is 1. The number of rotatable bonds is 13. The van der Waals surface area contributed by atoms with E-state index in [0.717, 1.165) is 30.8 Å². The number of nitrogens with zero attached hydrogens (tertiary/aromatic N) is 2. The number of thiophene rings is 1. The summed E-state index contributed by atoms with van der Waals surface area (Å²) in [4.78, 5) is 18.9. The van der Waals surface area contributed by atoms with Gasteiger partial charge in [-0.2, -0.15) is 0 Å². The molecule has 2 heterocycles. The fourth-order valence-electron chi connectivity index (χ4n) is 4.40. The smallest absolute Gasteiger partial charge is 0.237 e. The van der Waals surface area contributed by atoms with Crippen molar-refractivity contribution in [2.24, 2.45) is 0 Å². The van der Waals surface area contributed by atoms with Gasteiger partial charge in [-0.15, -0.1) is 17.9 Å². The zero-order valence-electron chi connectivity index (χ0n) is 19.7. The van der Waals surface area contributed by atoms with Crippen LogP contribution < -0.4 is 9.47 Å². The third kappa shape index (κ3) is 6.39. The molecule has 1 fully saturated rings. The minimum absolute atomic E-state index is 0.0715. The number of amides is 1. The predicted molar refractivity (Wildman–Crippen MR) is 133 cm³/mol. The van der Waals surface area contributed by atoms with Crippen LogP contribution >= 0.6 is 11.3 Å². The van der Waals surface area contributed by atoms with Crippen molar-refractivity contribution >= 4 is 17.2 Å². The number of ether oxygens (including phenoxy) is 3. The highest BCUT2D eigenvalue weighted by Gasteiger charge is 2.36. The first-order valence-electron chi connectivity index (χ1n) is 11.8. The number of hydrogen-bond acceptors (Lipinski definition) is 7. The summed E-state index contributed by atoms with van der Waals surface area (Å²) in [5, 5.41) is 12.5. The number of benzene rings is 1. The Kier molecular flexibility index (Phi) is 8.61. The highest BCUT2D eigenvalue weighted by atomic mass is 32.1. The summed E-state index contributed by atoms with van der Waals surface area (Å²) in [7, 11) is 1.63. The molecule has 1 aliphatic heterocycles. The Balaban J connectivity index is 1.42. The molecule has 34 heavy (non-hydrogen) atoms. The van der Waals surface area contributed by atoms with Crippen molar-refractivity contribution in [2.75, 3.05) is 46.6 Å². The van der Waals surface area contributed by atoms with Gasteiger partial charge in [0.2, 0.25) is 5.91 Å². The van der Waals surface area contributed by atoms with Crippen LogP contribution in [0.5, 0.6) is 11.5 Å². The van der Waals surface area contributed by atoms with Crippen molar-refractivity contribution in [3.05, 3.63) is 58.8 Å². The molecule has 2 atom stereocenters. The zero-order chi connectivity index (χ0) is 23.9.